The van der Waals surface area contributed by atoms with E-state index in [0.717, 1.165) is 11.4 Å². The minimum atomic E-state index is -0.994. The van der Waals surface area contributed by atoms with Crippen LogP contribution in [-0.2, 0) is 4.79 Å². The van der Waals surface area contributed by atoms with Crippen LogP contribution in [0.2, 0.25) is 0 Å². The number of nitrogens with zero attached hydrogens (tertiary/aromatic N) is 2. The van der Waals surface area contributed by atoms with Gasteiger partial charge >= 0.3 is 0 Å². The number of amides is 1. The van der Waals surface area contributed by atoms with Crippen molar-refractivity contribution in [3.8, 4) is 6.07 Å². The maximum Gasteiger partial charge on any atom is 0.246 e. The Morgan fingerprint density at radius 1 is 1.39 bits per heavy atom. The molecule has 0 saturated heterocycles. The number of anilines is 1. The predicted molar refractivity (Wildman–Crippen MR) is 75.6 cm³/mol. The Bertz CT molecular complexity index is 460. The van der Waals surface area contributed by atoms with Gasteiger partial charge in [0, 0.05) is 17.6 Å². The van der Waals surface area contributed by atoms with Crippen LogP contribution < -0.4 is 4.90 Å². The molecule has 0 N–H and O–H groups in total. The summed E-state index contributed by atoms with van der Waals surface area (Å²) in [5.41, 5.74) is -0.185. The third-order valence-corrected chi connectivity index (χ3v) is 3.55. The normalized spacial score (nSPS) is 10.8. The molecule has 0 aliphatic heterocycles. The number of carbonyl (C=O) groups is 1. The summed E-state index contributed by atoms with van der Waals surface area (Å²) >= 11 is 1.76. The quantitative estimate of drug-likeness (QED) is 0.782. The summed E-state index contributed by atoms with van der Waals surface area (Å²) < 4.78 is 0. The predicted octanol–water partition coefficient (Wildman–Crippen LogP) is 3.31. The lowest BCUT2D eigenvalue weighted by Gasteiger charge is -2.24. The van der Waals surface area contributed by atoms with Gasteiger partial charge in [0.1, 0.15) is 5.41 Å². The second kappa shape index (κ2) is 5.92. The Balaban J connectivity index is 2.88. The van der Waals surface area contributed by atoms with Crippen LogP contribution in [0.1, 0.15) is 20.8 Å². The summed E-state index contributed by atoms with van der Waals surface area (Å²) in [6.07, 6.45) is 0. The molecule has 1 amide bonds. The Morgan fingerprint density at radius 3 is 2.39 bits per heavy atom. The molecule has 1 aromatic rings. The first kappa shape index (κ1) is 14.6. The van der Waals surface area contributed by atoms with Crippen molar-refractivity contribution in [3.63, 3.8) is 0 Å². The minimum absolute atomic E-state index is 0.194. The molecule has 0 bridgehead atoms. The Morgan fingerprint density at radius 2 is 1.94 bits per heavy atom. The average molecular weight is 262 g/mol. The highest BCUT2D eigenvalue weighted by molar-refractivity contribution is 7.99. The molecule has 18 heavy (non-hydrogen) atoms. The van der Waals surface area contributed by atoms with Gasteiger partial charge in [0.05, 0.1) is 6.07 Å². The topological polar surface area (TPSA) is 44.1 Å². The SMILES string of the molecule is CCSc1ccc(N(C)C(=O)C(C)(C)C#N)cc1. The van der Waals surface area contributed by atoms with Crippen molar-refractivity contribution >= 4 is 23.4 Å². The first-order valence-electron chi connectivity index (χ1n) is 5.84. The maximum absolute atomic E-state index is 12.1. The highest BCUT2D eigenvalue weighted by Crippen LogP contribution is 2.25. The lowest BCUT2D eigenvalue weighted by Crippen LogP contribution is -2.37. The van der Waals surface area contributed by atoms with E-state index in [1.54, 1.807) is 32.7 Å². The molecule has 0 saturated carbocycles. The average Bonchev–Trinajstić information content (AvgIpc) is 2.38. The third kappa shape index (κ3) is 3.27. The molecule has 1 aromatic carbocycles. The molecular weight excluding hydrogens is 244 g/mol. The van der Waals surface area contributed by atoms with Crippen molar-refractivity contribution in [2.24, 2.45) is 5.41 Å². The van der Waals surface area contributed by atoms with Gasteiger partial charge in [-0.05, 0) is 43.9 Å². The smallest absolute Gasteiger partial charge is 0.246 e. The lowest BCUT2D eigenvalue weighted by molar-refractivity contribution is -0.123. The fourth-order valence-corrected chi connectivity index (χ4v) is 2.18. The molecule has 4 heteroatoms. The van der Waals surface area contributed by atoms with Crippen molar-refractivity contribution in [2.75, 3.05) is 17.7 Å². The molecule has 0 atom stereocenters. The van der Waals surface area contributed by atoms with Gasteiger partial charge in [0.15, 0.2) is 0 Å². The van der Waals surface area contributed by atoms with Crippen LogP contribution in [0.5, 0.6) is 0 Å². The zero-order valence-corrected chi connectivity index (χ0v) is 12.0. The van der Waals surface area contributed by atoms with E-state index >= 15 is 0 Å². The van der Waals surface area contributed by atoms with E-state index < -0.39 is 5.41 Å². The summed E-state index contributed by atoms with van der Waals surface area (Å²) in [6, 6.07) is 9.83. The largest absolute Gasteiger partial charge is 0.314 e. The van der Waals surface area contributed by atoms with Crippen LogP contribution in [0, 0.1) is 16.7 Å². The van der Waals surface area contributed by atoms with E-state index in [9.17, 15) is 4.79 Å². The van der Waals surface area contributed by atoms with Crippen molar-refractivity contribution in [1.29, 1.82) is 5.26 Å². The standard InChI is InChI=1S/C14H18N2OS/c1-5-18-12-8-6-11(7-9-12)16(4)13(17)14(2,3)10-15/h6-9H,5H2,1-4H3. The molecule has 0 heterocycles. The van der Waals surface area contributed by atoms with Gasteiger partial charge in [0.25, 0.3) is 0 Å². The molecule has 0 fully saturated rings. The van der Waals surface area contributed by atoms with Gasteiger partial charge in [-0.25, -0.2) is 0 Å². The van der Waals surface area contributed by atoms with Crippen LogP contribution in [0.15, 0.2) is 29.2 Å². The number of benzene rings is 1. The first-order valence-corrected chi connectivity index (χ1v) is 6.83. The second-order valence-corrected chi connectivity index (χ2v) is 5.87. The van der Waals surface area contributed by atoms with Crippen molar-refractivity contribution in [3.05, 3.63) is 24.3 Å². The van der Waals surface area contributed by atoms with Crippen molar-refractivity contribution in [2.45, 2.75) is 25.7 Å². The van der Waals surface area contributed by atoms with Gasteiger partial charge in [-0.1, -0.05) is 6.92 Å². The van der Waals surface area contributed by atoms with Crippen LogP contribution in [0.3, 0.4) is 0 Å². The van der Waals surface area contributed by atoms with Crippen LogP contribution in [0.4, 0.5) is 5.69 Å². The van der Waals surface area contributed by atoms with E-state index in [4.69, 9.17) is 5.26 Å². The van der Waals surface area contributed by atoms with Gasteiger partial charge in [-0.2, -0.15) is 5.26 Å². The number of hydrogen-bond acceptors (Lipinski definition) is 3. The molecule has 0 radical (unpaired) electrons. The Kier molecular flexibility index (Phi) is 4.80. The van der Waals surface area contributed by atoms with Crippen LogP contribution >= 0.6 is 11.8 Å². The summed E-state index contributed by atoms with van der Waals surface area (Å²) in [4.78, 5) is 14.8. The molecule has 3 nitrogen and oxygen atoms in total. The highest BCUT2D eigenvalue weighted by Gasteiger charge is 2.30. The second-order valence-electron chi connectivity index (χ2n) is 4.53. The molecule has 1 rings (SSSR count). The first-order chi connectivity index (χ1) is 8.42. The summed E-state index contributed by atoms with van der Waals surface area (Å²) in [5.74, 6) is 0.830. The van der Waals surface area contributed by atoms with E-state index in [1.807, 2.05) is 30.3 Å². The fourth-order valence-electron chi connectivity index (χ4n) is 1.52. The van der Waals surface area contributed by atoms with Gasteiger partial charge < -0.3 is 4.90 Å². The highest BCUT2D eigenvalue weighted by atomic mass is 32.2. The zero-order valence-electron chi connectivity index (χ0n) is 11.2. The van der Waals surface area contributed by atoms with E-state index in [-0.39, 0.29) is 5.91 Å². The van der Waals surface area contributed by atoms with E-state index in [1.165, 1.54) is 9.80 Å². The van der Waals surface area contributed by atoms with E-state index in [2.05, 4.69) is 6.92 Å². The Labute approximate surface area is 113 Å². The van der Waals surface area contributed by atoms with Crippen LogP contribution in [-0.4, -0.2) is 18.7 Å². The zero-order chi connectivity index (χ0) is 13.8. The molecular formula is C14H18N2OS. The number of carbonyl (C=O) groups excluding carboxylic acids is 1. The number of hydrogen-bond donors (Lipinski definition) is 0. The van der Waals surface area contributed by atoms with Gasteiger partial charge in [0.2, 0.25) is 5.91 Å². The number of rotatable bonds is 4. The molecule has 0 aliphatic carbocycles. The maximum atomic E-state index is 12.1. The minimum Gasteiger partial charge on any atom is -0.314 e. The summed E-state index contributed by atoms with van der Waals surface area (Å²) in [7, 11) is 1.70. The van der Waals surface area contributed by atoms with Crippen molar-refractivity contribution in [1.82, 2.24) is 0 Å². The van der Waals surface area contributed by atoms with Gasteiger partial charge in [-0.3, -0.25) is 4.79 Å². The molecule has 0 unspecified atom stereocenters. The Hall–Kier alpha value is -1.47. The lowest BCUT2D eigenvalue weighted by atomic mass is 9.94. The monoisotopic (exact) mass is 262 g/mol. The number of thioether (sulfide) groups is 1. The van der Waals surface area contributed by atoms with E-state index in [0.29, 0.717) is 0 Å². The fraction of sp³-hybridized carbons (Fsp3) is 0.429. The number of nitriles is 1. The van der Waals surface area contributed by atoms with Crippen LogP contribution in [0.25, 0.3) is 0 Å². The summed E-state index contributed by atoms with van der Waals surface area (Å²) in [6.45, 7) is 5.37. The third-order valence-electron chi connectivity index (χ3n) is 2.65. The van der Waals surface area contributed by atoms with Crippen molar-refractivity contribution < 1.29 is 4.79 Å². The van der Waals surface area contributed by atoms with Gasteiger partial charge in [-0.15, -0.1) is 11.8 Å². The molecule has 96 valence electrons. The molecule has 0 aromatic heterocycles. The molecule has 0 aliphatic rings. The summed E-state index contributed by atoms with van der Waals surface area (Å²) in [5, 5.41) is 8.97. The molecule has 0 spiro atoms.